The number of hydrogen-bond donors (Lipinski definition) is 3. The van der Waals surface area contributed by atoms with E-state index in [2.05, 4.69) is 22.1 Å². The van der Waals surface area contributed by atoms with E-state index in [1.165, 1.54) is 18.2 Å². The van der Waals surface area contributed by atoms with Gasteiger partial charge in [-0.05, 0) is 75.5 Å². The monoisotopic (exact) mass is 485 g/mol. The Labute approximate surface area is 203 Å². The van der Waals surface area contributed by atoms with Crippen LogP contribution in [0.5, 0.6) is 0 Å². The molecule has 3 fully saturated rings. The zero-order chi connectivity index (χ0) is 24.3. The number of fused-ring (bicyclic) bond motifs is 1. The van der Waals surface area contributed by atoms with Gasteiger partial charge in [0.05, 0.1) is 22.6 Å². The molecule has 0 bridgehead atoms. The average molecular weight is 486 g/mol. The van der Waals surface area contributed by atoms with Crippen molar-refractivity contribution in [2.24, 2.45) is 24.8 Å². The standard InChI is InChI=1S/C26H29ClFN3O3/c1-25(33)10-15(11-25)5-6-26(34)12-17-7-16(8-18(17)13-26)22-23(31(2)14-29-22)24(32)30-19-3-4-21(28)20(27)9-19/h3-4,9,14-18,33-34H,7-8,10-13H2,1-2H3,(H,30,32). The number of carbonyl (C=O) groups is 1. The van der Waals surface area contributed by atoms with Gasteiger partial charge in [0.15, 0.2) is 0 Å². The summed E-state index contributed by atoms with van der Waals surface area (Å²) in [5.41, 5.74) is 0.0835. The van der Waals surface area contributed by atoms with Gasteiger partial charge in [-0.3, -0.25) is 4.79 Å². The summed E-state index contributed by atoms with van der Waals surface area (Å²) >= 11 is 5.84. The second kappa shape index (κ2) is 8.37. The lowest BCUT2D eigenvalue weighted by atomic mass is 9.72. The van der Waals surface area contributed by atoms with Crippen molar-refractivity contribution in [2.75, 3.05) is 5.32 Å². The third kappa shape index (κ3) is 4.47. The number of hydrogen-bond acceptors (Lipinski definition) is 4. The predicted molar refractivity (Wildman–Crippen MR) is 127 cm³/mol. The minimum absolute atomic E-state index is 0.0510. The maximum absolute atomic E-state index is 13.5. The lowest BCUT2D eigenvalue weighted by Crippen LogP contribution is -2.40. The molecule has 5 rings (SSSR count). The van der Waals surface area contributed by atoms with Gasteiger partial charge in [-0.25, -0.2) is 9.37 Å². The summed E-state index contributed by atoms with van der Waals surface area (Å²) in [6.45, 7) is 1.82. The van der Waals surface area contributed by atoms with Gasteiger partial charge in [-0.1, -0.05) is 23.4 Å². The summed E-state index contributed by atoms with van der Waals surface area (Å²) in [6.07, 6.45) is 5.95. The van der Waals surface area contributed by atoms with Crippen LogP contribution in [0.25, 0.3) is 0 Å². The molecule has 0 saturated heterocycles. The van der Waals surface area contributed by atoms with E-state index < -0.39 is 17.0 Å². The van der Waals surface area contributed by atoms with Crippen molar-refractivity contribution in [3.63, 3.8) is 0 Å². The van der Waals surface area contributed by atoms with Crippen LogP contribution in [-0.4, -0.2) is 36.9 Å². The number of benzene rings is 1. The third-order valence-electron chi connectivity index (χ3n) is 7.67. The number of carbonyl (C=O) groups excluding carboxylic acids is 1. The van der Waals surface area contributed by atoms with Gasteiger partial charge < -0.3 is 20.1 Å². The van der Waals surface area contributed by atoms with E-state index in [4.69, 9.17) is 11.6 Å². The van der Waals surface area contributed by atoms with Crippen molar-refractivity contribution < 1.29 is 19.4 Å². The van der Waals surface area contributed by atoms with Crippen LogP contribution in [0.3, 0.4) is 0 Å². The van der Waals surface area contributed by atoms with Crippen molar-refractivity contribution in [3.8, 4) is 11.8 Å². The normalized spacial score (nSPS) is 34.2. The maximum atomic E-state index is 13.5. The Morgan fingerprint density at radius 1 is 1.24 bits per heavy atom. The van der Waals surface area contributed by atoms with Crippen LogP contribution in [0, 0.1) is 35.4 Å². The fourth-order valence-corrected chi connectivity index (χ4v) is 6.30. The Morgan fingerprint density at radius 2 is 1.91 bits per heavy atom. The lowest BCUT2D eigenvalue weighted by Gasteiger charge is -2.38. The van der Waals surface area contributed by atoms with E-state index in [1.807, 2.05) is 6.92 Å². The fourth-order valence-electron chi connectivity index (χ4n) is 6.12. The molecule has 3 aliphatic rings. The van der Waals surface area contributed by atoms with Crippen LogP contribution in [-0.2, 0) is 7.05 Å². The summed E-state index contributed by atoms with van der Waals surface area (Å²) in [5, 5.41) is 23.7. The van der Waals surface area contributed by atoms with Crippen LogP contribution in [0.15, 0.2) is 24.5 Å². The molecule has 1 aromatic heterocycles. The first-order chi connectivity index (χ1) is 16.0. The highest BCUT2D eigenvalue weighted by atomic mass is 35.5. The number of aryl methyl sites for hydroxylation is 1. The number of aliphatic hydroxyl groups is 2. The first-order valence-electron chi connectivity index (χ1n) is 11.8. The summed E-state index contributed by atoms with van der Waals surface area (Å²) in [4.78, 5) is 17.6. The molecule has 2 atom stereocenters. The molecule has 0 radical (unpaired) electrons. The van der Waals surface area contributed by atoms with Gasteiger partial charge in [-0.15, -0.1) is 0 Å². The van der Waals surface area contributed by atoms with Crippen molar-refractivity contribution in [3.05, 3.63) is 46.8 Å². The molecular weight excluding hydrogens is 457 g/mol. The quantitative estimate of drug-likeness (QED) is 0.567. The van der Waals surface area contributed by atoms with Crippen molar-refractivity contribution >= 4 is 23.2 Å². The number of amides is 1. The van der Waals surface area contributed by atoms with E-state index in [9.17, 15) is 19.4 Å². The Morgan fingerprint density at radius 3 is 2.53 bits per heavy atom. The fraction of sp³-hybridized carbons (Fsp3) is 0.538. The highest BCUT2D eigenvalue weighted by molar-refractivity contribution is 6.31. The molecular formula is C26H29ClFN3O3. The van der Waals surface area contributed by atoms with E-state index in [-0.39, 0.29) is 22.8 Å². The van der Waals surface area contributed by atoms with E-state index >= 15 is 0 Å². The number of anilines is 1. The molecule has 180 valence electrons. The topological polar surface area (TPSA) is 87.4 Å². The molecule has 2 aromatic rings. The smallest absolute Gasteiger partial charge is 0.274 e. The van der Waals surface area contributed by atoms with Crippen LogP contribution in [0.4, 0.5) is 10.1 Å². The molecule has 2 unspecified atom stereocenters. The van der Waals surface area contributed by atoms with E-state index in [1.54, 1.807) is 17.9 Å². The summed E-state index contributed by atoms with van der Waals surface area (Å²) < 4.78 is 15.2. The molecule has 3 aliphatic carbocycles. The highest BCUT2D eigenvalue weighted by Crippen LogP contribution is 2.54. The lowest BCUT2D eigenvalue weighted by molar-refractivity contribution is -0.0389. The van der Waals surface area contributed by atoms with Gasteiger partial charge >= 0.3 is 0 Å². The first-order valence-corrected chi connectivity index (χ1v) is 12.1. The van der Waals surface area contributed by atoms with E-state index in [0.29, 0.717) is 48.9 Å². The SMILES string of the molecule is Cn1cnc(C2CC3CC(O)(C#CC4CC(C)(O)C4)CC3C2)c1C(=O)Nc1ccc(F)c(Cl)c1. The molecule has 0 spiro atoms. The summed E-state index contributed by atoms with van der Waals surface area (Å²) in [5.74, 6) is 6.43. The Balaban J connectivity index is 1.25. The summed E-state index contributed by atoms with van der Waals surface area (Å²) in [6, 6.07) is 4.08. The highest BCUT2D eigenvalue weighted by Gasteiger charge is 2.49. The van der Waals surface area contributed by atoms with Crippen molar-refractivity contribution in [1.29, 1.82) is 0 Å². The molecule has 0 aliphatic heterocycles. The molecule has 1 amide bonds. The van der Waals surface area contributed by atoms with E-state index in [0.717, 1.165) is 18.5 Å². The number of nitrogens with zero attached hydrogens (tertiary/aromatic N) is 2. The number of imidazole rings is 1. The molecule has 1 heterocycles. The second-order valence-corrected chi connectivity index (χ2v) is 11.1. The second-order valence-electron chi connectivity index (χ2n) is 10.7. The largest absolute Gasteiger partial charge is 0.390 e. The van der Waals surface area contributed by atoms with Crippen molar-refractivity contribution in [1.82, 2.24) is 9.55 Å². The van der Waals surface area contributed by atoms with Crippen LogP contribution >= 0.6 is 11.6 Å². The van der Waals surface area contributed by atoms with Gasteiger partial charge in [0.2, 0.25) is 0 Å². The zero-order valence-corrected chi connectivity index (χ0v) is 20.1. The van der Waals surface area contributed by atoms with Gasteiger partial charge in [0.25, 0.3) is 5.91 Å². The van der Waals surface area contributed by atoms with Crippen LogP contribution < -0.4 is 5.32 Å². The molecule has 6 nitrogen and oxygen atoms in total. The third-order valence-corrected chi connectivity index (χ3v) is 7.96. The minimum Gasteiger partial charge on any atom is -0.390 e. The average Bonchev–Trinajstić information content (AvgIpc) is 3.38. The maximum Gasteiger partial charge on any atom is 0.274 e. The van der Waals surface area contributed by atoms with Gasteiger partial charge in [0, 0.05) is 24.6 Å². The molecule has 1 aromatic carbocycles. The number of nitrogens with one attached hydrogen (secondary N) is 1. The van der Waals surface area contributed by atoms with Gasteiger partial charge in [-0.2, -0.15) is 0 Å². The van der Waals surface area contributed by atoms with Crippen LogP contribution in [0.2, 0.25) is 5.02 Å². The molecule has 8 heteroatoms. The number of rotatable bonds is 3. The first kappa shape index (κ1) is 23.3. The van der Waals surface area contributed by atoms with Gasteiger partial charge in [0.1, 0.15) is 17.1 Å². The summed E-state index contributed by atoms with van der Waals surface area (Å²) in [7, 11) is 1.78. The number of halogens is 2. The van der Waals surface area contributed by atoms with Crippen LogP contribution in [0.1, 0.15) is 67.5 Å². The van der Waals surface area contributed by atoms with Crippen molar-refractivity contribution in [2.45, 2.75) is 62.6 Å². The Bertz CT molecular complexity index is 1180. The molecule has 3 N–H and O–H groups in total. The predicted octanol–water partition coefficient (Wildman–Crippen LogP) is 4.26. The molecule has 34 heavy (non-hydrogen) atoms. The number of aromatic nitrogens is 2. The Kier molecular flexibility index (Phi) is 5.75. The Hall–Kier alpha value is -2.40. The molecule has 3 saturated carbocycles. The zero-order valence-electron chi connectivity index (χ0n) is 19.3. The minimum atomic E-state index is -0.964.